The summed E-state index contributed by atoms with van der Waals surface area (Å²) in [7, 11) is 0. The molecule has 0 atom stereocenters. The third-order valence-electron chi connectivity index (χ3n) is 5.29. The molecule has 1 aliphatic heterocycles. The topological polar surface area (TPSA) is 54.7 Å². The van der Waals surface area contributed by atoms with Crippen LogP contribution in [-0.2, 0) is 24.1 Å². The molecular weight excluding hydrogens is 316 g/mol. The van der Waals surface area contributed by atoms with E-state index in [4.69, 9.17) is 9.15 Å². The molecule has 1 N–H and O–H groups in total. The maximum Gasteiger partial charge on any atom is 0.336 e. The normalized spacial score (nSPS) is 17.9. The maximum atomic E-state index is 11.9. The van der Waals surface area contributed by atoms with E-state index in [0.717, 1.165) is 75.2 Å². The van der Waals surface area contributed by atoms with Gasteiger partial charge in [-0.05, 0) is 67.6 Å². The molecule has 0 saturated carbocycles. The van der Waals surface area contributed by atoms with Gasteiger partial charge in [0.05, 0.1) is 13.2 Å². The first-order valence-corrected chi connectivity index (χ1v) is 9.39. The van der Waals surface area contributed by atoms with Crippen LogP contribution in [0.15, 0.2) is 27.4 Å². The van der Waals surface area contributed by atoms with Crippen molar-refractivity contribution in [1.29, 1.82) is 0 Å². The molecule has 25 heavy (non-hydrogen) atoms. The molecular formula is C20H26N2O3. The van der Waals surface area contributed by atoms with Crippen LogP contribution in [0, 0.1) is 0 Å². The van der Waals surface area contributed by atoms with Gasteiger partial charge in [0.15, 0.2) is 0 Å². The quantitative estimate of drug-likeness (QED) is 0.644. The van der Waals surface area contributed by atoms with Crippen LogP contribution >= 0.6 is 0 Å². The molecule has 2 aliphatic rings. The predicted molar refractivity (Wildman–Crippen MR) is 98.1 cm³/mol. The highest BCUT2D eigenvalue weighted by molar-refractivity contribution is 5.82. The lowest BCUT2D eigenvalue weighted by molar-refractivity contribution is 0.0374. The molecule has 0 radical (unpaired) electrons. The summed E-state index contributed by atoms with van der Waals surface area (Å²) in [4.78, 5) is 14.3. The van der Waals surface area contributed by atoms with E-state index in [9.17, 15) is 4.79 Å². The van der Waals surface area contributed by atoms with Gasteiger partial charge in [-0.1, -0.05) is 0 Å². The van der Waals surface area contributed by atoms with Gasteiger partial charge in [-0.3, -0.25) is 4.90 Å². The van der Waals surface area contributed by atoms with Crippen LogP contribution in [0.4, 0.5) is 0 Å². The van der Waals surface area contributed by atoms with Crippen molar-refractivity contribution >= 4 is 11.0 Å². The third-order valence-corrected chi connectivity index (χ3v) is 5.29. The summed E-state index contributed by atoms with van der Waals surface area (Å²) in [5.41, 5.74) is 4.28. The number of hydrogen-bond donors (Lipinski definition) is 1. The van der Waals surface area contributed by atoms with Crippen molar-refractivity contribution in [3.05, 3.63) is 45.3 Å². The number of ether oxygens (including phenoxy) is 1. The number of nitrogens with zero attached hydrogens (tertiary/aromatic N) is 1. The van der Waals surface area contributed by atoms with E-state index >= 15 is 0 Å². The Morgan fingerprint density at radius 1 is 1.08 bits per heavy atom. The largest absolute Gasteiger partial charge is 0.423 e. The van der Waals surface area contributed by atoms with Crippen molar-refractivity contribution in [2.45, 2.75) is 32.2 Å². The molecule has 5 nitrogen and oxygen atoms in total. The van der Waals surface area contributed by atoms with Gasteiger partial charge in [0.1, 0.15) is 5.58 Å². The van der Waals surface area contributed by atoms with Crippen LogP contribution in [0.3, 0.4) is 0 Å². The number of hydrogen-bond acceptors (Lipinski definition) is 5. The van der Waals surface area contributed by atoms with E-state index in [1.54, 1.807) is 6.07 Å². The van der Waals surface area contributed by atoms with Gasteiger partial charge in [-0.2, -0.15) is 0 Å². The van der Waals surface area contributed by atoms with Crippen molar-refractivity contribution in [3.63, 3.8) is 0 Å². The summed E-state index contributed by atoms with van der Waals surface area (Å²) in [5.74, 6) is 0. The Bertz CT molecular complexity index is 793. The molecule has 1 saturated heterocycles. The number of aryl methyl sites for hydroxylation is 2. The smallest absolute Gasteiger partial charge is 0.336 e. The summed E-state index contributed by atoms with van der Waals surface area (Å²) in [6.45, 7) is 6.54. The van der Waals surface area contributed by atoms with Crippen molar-refractivity contribution in [2.75, 3.05) is 39.4 Å². The molecule has 1 fully saturated rings. The molecule has 4 rings (SSSR count). The highest BCUT2D eigenvalue weighted by atomic mass is 16.5. The van der Waals surface area contributed by atoms with Crippen LogP contribution in [0.2, 0.25) is 0 Å². The molecule has 0 amide bonds. The number of nitrogens with one attached hydrogen (secondary N) is 1. The Morgan fingerprint density at radius 2 is 1.88 bits per heavy atom. The fourth-order valence-electron chi connectivity index (χ4n) is 3.92. The Labute approximate surface area is 148 Å². The molecule has 5 heteroatoms. The number of rotatable bonds is 6. The Morgan fingerprint density at radius 3 is 2.72 bits per heavy atom. The van der Waals surface area contributed by atoms with Gasteiger partial charge in [-0.15, -0.1) is 0 Å². The summed E-state index contributed by atoms with van der Waals surface area (Å²) in [5, 5.41) is 4.57. The standard InChI is InChI=1S/C20H26N2O3/c23-20-13-17(14-21-5-2-6-22-7-9-24-10-8-22)18-11-15-3-1-4-16(15)12-19(18)25-20/h11-13,21H,1-10,14H2. The van der Waals surface area contributed by atoms with Crippen LogP contribution in [0.5, 0.6) is 0 Å². The van der Waals surface area contributed by atoms with Crippen LogP contribution in [0.1, 0.15) is 29.5 Å². The molecule has 0 bridgehead atoms. The zero-order chi connectivity index (χ0) is 17.1. The second-order valence-electron chi connectivity index (χ2n) is 7.05. The average molecular weight is 342 g/mol. The first kappa shape index (κ1) is 16.8. The molecule has 1 aromatic carbocycles. The fraction of sp³-hybridized carbons (Fsp3) is 0.550. The summed E-state index contributed by atoms with van der Waals surface area (Å²) >= 11 is 0. The average Bonchev–Trinajstić information content (AvgIpc) is 3.08. The van der Waals surface area contributed by atoms with E-state index < -0.39 is 0 Å². The lowest BCUT2D eigenvalue weighted by Crippen LogP contribution is -2.37. The number of fused-ring (bicyclic) bond motifs is 2. The van der Waals surface area contributed by atoms with Gasteiger partial charge in [0.25, 0.3) is 0 Å². The Balaban J connectivity index is 1.38. The highest BCUT2D eigenvalue weighted by Crippen LogP contribution is 2.28. The fourth-order valence-corrected chi connectivity index (χ4v) is 3.92. The minimum Gasteiger partial charge on any atom is -0.423 e. The van der Waals surface area contributed by atoms with Crippen LogP contribution < -0.4 is 10.9 Å². The SMILES string of the molecule is O=c1cc(CNCCCN2CCOCC2)c2cc3c(cc2o1)CCC3. The lowest BCUT2D eigenvalue weighted by Gasteiger charge is -2.26. The molecule has 2 aromatic rings. The molecule has 0 spiro atoms. The highest BCUT2D eigenvalue weighted by Gasteiger charge is 2.15. The lowest BCUT2D eigenvalue weighted by atomic mass is 10.0. The number of morpholine rings is 1. The molecule has 1 aromatic heterocycles. The van der Waals surface area contributed by atoms with E-state index in [0.29, 0.717) is 6.54 Å². The van der Waals surface area contributed by atoms with Gasteiger partial charge < -0.3 is 14.5 Å². The second kappa shape index (κ2) is 7.68. The van der Waals surface area contributed by atoms with Crippen LogP contribution in [0.25, 0.3) is 11.0 Å². The minimum absolute atomic E-state index is 0.254. The third kappa shape index (κ3) is 3.94. The van der Waals surface area contributed by atoms with Gasteiger partial charge in [0, 0.05) is 31.1 Å². The summed E-state index contributed by atoms with van der Waals surface area (Å²) in [6, 6.07) is 5.94. The molecule has 1 aliphatic carbocycles. The summed E-state index contributed by atoms with van der Waals surface area (Å²) < 4.78 is 10.8. The maximum absolute atomic E-state index is 11.9. The van der Waals surface area contributed by atoms with E-state index in [-0.39, 0.29) is 5.63 Å². The van der Waals surface area contributed by atoms with Crippen molar-refractivity contribution in [1.82, 2.24) is 10.2 Å². The molecule has 0 unspecified atom stereocenters. The van der Waals surface area contributed by atoms with Gasteiger partial charge in [-0.25, -0.2) is 4.79 Å². The number of benzene rings is 1. The Kier molecular flexibility index (Phi) is 5.15. The summed E-state index contributed by atoms with van der Waals surface area (Å²) in [6.07, 6.45) is 4.54. The second-order valence-corrected chi connectivity index (χ2v) is 7.05. The Hall–Kier alpha value is -1.69. The predicted octanol–water partition coefficient (Wildman–Crippen LogP) is 2.09. The molecule has 2 heterocycles. The van der Waals surface area contributed by atoms with Crippen molar-refractivity contribution in [2.24, 2.45) is 0 Å². The first-order valence-electron chi connectivity index (χ1n) is 9.39. The van der Waals surface area contributed by atoms with Crippen LogP contribution in [-0.4, -0.2) is 44.3 Å². The van der Waals surface area contributed by atoms with Crippen molar-refractivity contribution in [3.8, 4) is 0 Å². The van der Waals surface area contributed by atoms with Gasteiger partial charge in [0.2, 0.25) is 0 Å². The van der Waals surface area contributed by atoms with E-state index in [1.807, 2.05) is 0 Å². The van der Waals surface area contributed by atoms with Crippen molar-refractivity contribution < 1.29 is 9.15 Å². The zero-order valence-corrected chi connectivity index (χ0v) is 14.7. The minimum atomic E-state index is -0.254. The monoisotopic (exact) mass is 342 g/mol. The van der Waals surface area contributed by atoms with E-state index in [1.165, 1.54) is 17.5 Å². The zero-order valence-electron chi connectivity index (χ0n) is 14.7. The molecule has 134 valence electrons. The van der Waals surface area contributed by atoms with Gasteiger partial charge >= 0.3 is 5.63 Å². The van der Waals surface area contributed by atoms with E-state index in [2.05, 4.69) is 22.3 Å². The first-order chi connectivity index (χ1) is 12.3.